The van der Waals surface area contributed by atoms with Crippen molar-refractivity contribution >= 4 is 11.9 Å². The van der Waals surface area contributed by atoms with E-state index < -0.39 is 12.1 Å². The van der Waals surface area contributed by atoms with Gasteiger partial charge < -0.3 is 20.3 Å². The molecule has 0 aromatic rings. The number of carbonyl (C=O) groups excluding carboxylic acids is 2. The summed E-state index contributed by atoms with van der Waals surface area (Å²) in [6.07, 6.45) is 60.5. The Morgan fingerprint density at radius 1 is 0.435 bits per heavy atom. The predicted octanol–water partition coefficient (Wildman–Crippen LogP) is 16.9. The van der Waals surface area contributed by atoms with E-state index in [0.717, 1.165) is 38.5 Å². The van der Waals surface area contributed by atoms with Crippen LogP contribution in [0, 0.1) is 0 Å². The fourth-order valence-corrected chi connectivity index (χ4v) is 8.75. The topological polar surface area (TPSA) is 95.9 Å². The number of nitrogens with one attached hydrogen (secondary N) is 1. The first kappa shape index (κ1) is 60.6. The number of rotatable bonds is 52. The number of esters is 1. The van der Waals surface area contributed by atoms with Gasteiger partial charge in [0, 0.05) is 12.8 Å². The summed E-state index contributed by atoms with van der Waals surface area (Å²) in [6.45, 7) is 4.95. The van der Waals surface area contributed by atoms with Crippen LogP contribution in [0.3, 0.4) is 0 Å². The third-order valence-corrected chi connectivity index (χ3v) is 13.1. The van der Waals surface area contributed by atoms with Gasteiger partial charge in [-0.1, -0.05) is 257 Å². The number of aliphatic hydroxyl groups excluding tert-OH is 2. The van der Waals surface area contributed by atoms with Crippen LogP contribution in [0.25, 0.3) is 0 Å². The van der Waals surface area contributed by atoms with Gasteiger partial charge >= 0.3 is 5.97 Å². The van der Waals surface area contributed by atoms with E-state index in [9.17, 15) is 19.8 Å². The van der Waals surface area contributed by atoms with Crippen LogP contribution in [-0.2, 0) is 14.3 Å². The zero-order chi connectivity index (χ0) is 45.1. The second kappa shape index (κ2) is 52.2. The third-order valence-electron chi connectivity index (χ3n) is 13.1. The average Bonchev–Trinajstić information content (AvgIpc) is 3.27. The van der Waals surface area contributed by atoms with Crippen LogP contribution in [0.5, 0.6) is 0 Å². The quantitative estimate of drug-likeness (QED) is 0.0321. The molecule has 3 N–H and O–H groups in total. The molecule has 0 aliphatic carbocycles. The van der Waals surface area contributed by atoms with Gasteiger partial charge in [0.1, 0.15) is 0 Å². The Morgan fingerprint density at radius 2 is 0.758 bits per heavy atom. The van der Waals surface area contributed by atoms with Gasteiger partial charge in [-0.2, -0.15) is 0 Å². The van der Waals surface area contributed by atoms with E-state index in [1.54, 1.807) is 0 Å². The number of unbranched alkanes of at least 4 members (excludes halogenated alkanes) is 39. The minimum atomic E-state index is -0.667. The van der Waals surface area contributed by atoms with E-state index >= 15 is 0 Å². The van der Waals surface area contributed by atoms with Crippen molar-refractivity contribution in [3.63, 3.8) is 0 Å². The van der Waals surface area contributed by atoms with Crippen LogP contribution in [0.1, 0.15) is 309 Å². The van der Waals surface area contributed by atoms with Crippen molar-refractivity contribution in [2.24, 2.45) is 0 Å². The zero-order valence-electron chi connectivity index (χ0n) is 41.9. The molecule has 0 fully saturated rings. The van der Waals surface area contributed by atoms with Crippen molar-refractivity contribution in [2.45, 2.75) is 321 Å². The standard InChI is InChI=1S/C56H109NO5/c1-3-5-7-9-11-13-15-25-30-34-38-42-46-50-56(61)62-51-47-43-39-35-31-27-24-22-20-18-17-19-21-23-26-29-33-37-41-45-49-55(60)57-53(52-58)54(59)48-44-40-36-32-28-16-14-12-10-8-6-4-2/h17,19,53-54,58-59H,3-16,18,20-52H2,1-2H3,(H,57,60)/b19-17-. The molecule has 62 heavy (non-hydrogen) atoms. The first-order chi connectivity index (χ1) is 30.5. The lowest BCUT2D eigenvalue weighted by atomic mass is 10.0. The Morgan fingerprint density at radius 3 is 1.15 bits per heavy atom. The van der Waals surface area contributed by atoms with Gasteiger partial charge in [-0.15, -0.1) is 0 Å². The summed E-state index contributed by atoms with van der Waals surface area (Å²) in [6, 6.07) is -0.546. The molecule has 0 spiro atoms. The van der Waals surface area contributed by atoms with E-state index in [1.165, 1.54) is 238 Å². The fourth-order valence-electron chi connectivity index (χ4n) is 8.75. The number of allylic oxidation sites excluding steroid dienone is 2. The SMILES string of the molecule is CCCCCCCCCCCCCCCC(=O)OCCCCCCCCCCC/C=C\CCCCCCCCCC(=O)NC(CO)C(O)CCCCCCCCCCCCCC. The maximum atomic E-state index is 12.4. The smallest absolute Gasteiger partial charge is 0.305 e. The van der Waals surface area contributed by atoms with Gasteiger partial charge in [-0.05, 0) is 51.4 Å². The molecule has 0 aromatic heterocycles. The summed E-state index contributed by atoms with van der Waals surface area (Å²) in [7, 11) is 0. The largest absolute Gasteiger partial charge is 0.466 e. The molecule has 0 aliphatic heterocycles. The molecule has 0 saturated carbocycles. The molecule has 2 atom stereocenters. The van der Waals surface area contributed by atoms with Crippen LogP contribution in [0.4, 0.5) is 0 Å². The molecule has 0 saturated heterocycles. The number of carbonyl (C=O) groups is 2. The Balaban J connectivity index is 3.41. The number of hydrogen-bond donors (Lipinski definition) is 3. The lowest BCUT2D eigenvalue weighted by molar-refractivity contribution is -0.143. The highest BCUT2D eigenvalue weighted by atomic mass is 16.5. The summed E-state index contributed by atoms with van der Waals surface area (Å²) >= 11 is 0. The molecule has 0 bridgehead atoms. The summed E-state index contributed by atoms with van der Waals surface area (Å²) in [5.41, 5.74) is 0. The van der Waals surface area contributed by atoms with Crippen LogP contribution >= 0.6 is 0 Å². The van der Waals surface area contributed by atoms with Gasteiger partial charge in [0.05, 0.1) is 25.4 Å². The molecule has 2 unspecified atom stereocenters. The van der Waals surface area contributed by atoms with E-state index in [1.807, 2.05) is 0 Å². The van der Waals surface area contributed by atoms with Crippen molar-refractivity contribution < 1.29 is 24.5 Å². The highest BCUT2D eigenvalue weighted by Gasteiger charge is 2.20. The summed E-state index contributed by atoms with van der Waals surface area (Å²) in [4.78, 5) is 24.4. The fraction of sp³-hybridized carbons (Fsp3) is 0.929. The Kier molecular flexibility index (Phi) is 51.0. The Labute approximate surface area is 387 Å². The zero-order valence-corrected chi connectivity index (χ0v) is 41.9. The maximum Gasteiger partial charge on any atom is 0.305 e. The predicted molar refractivity (Wildman–Crippen MR) is 269 cm³/mol. The second-order valence-corrected chi connectivity index (χ2v) is 19.3. The number of amides is 1. The van der Waals surface area contributed by atoms with Crippen molar-refractivity contribution in [3.05, 3.63) is 12.2 Å². The molecule has 0 rings (SSSR count). The number of hydrogen-bond acceptors (Lipinski definition) is 5. The molecule has 0 radical (unpaired) electrons. The van der Waals surface area contributed by atoms with E-state index in [2.05, 4.69) is 31.3 Å². The molecule has 0 aromatic carbocycles. The Hall–Kier alpha value is -1.40. The molecular weight excluding hydrogens is 767 g/mol. The molecule has 6 nitrogen and oxygen atoms in total. The first-order valence-electron chi connectivity index (χ1n) is 27.9. The van der Waals surface area contributed by atoms with Gasteiger partial charge in [0.25, 0.3) is 0 Å². The van der Waals surface area contributed by atoms with Crippen molar-refractivity contribution in [2.75, 3.05) is 13.2 Å². The van der Waals surface area contributed by atoms with Crippen LogP contribution in [0.2, 0.25) is 0 Å². The summed E-state index contributed by atoms with van der Waals surface area (Å²) in [5, 5.41) is 23.2. The highest BCUT2D eigenvalue weighted by Crippen LogP contribution is 2.17. The van der Waals surface area contributed by atoms with E-state index in [0.29, 0.717) is 25.9 Å². The van der Waals surface area contributed by atoms with Crippen LogP contribution in [-0.4, -0.2) is 47.4 Å². The lowest BCUT2D eigenvalue weighted by Crippen LogP contribution is -2.45. The van der Waals surface area contributed by atoms with Crippen LogP contribution in [0.15, 0.2) is 12.2 Å². The monoisotopic (exact) mass is 876 g/mol. The minimum absolute atomic E-state index is 0.00800. The van der Waals surface area contributed by atoms with Crippen LogP contribution < -0.4 is 5.32 Å². The van der Waals surface area contributed by atoms with Gasteiger partial charge in [0.15, 0.2) is 0 Å². The van der Waals surface area contributed by atoms with Crippen molar-refractivity contribution in [1.29, 1.82) is 0 Å². The lowest BCUT2D eigenvalue weighted by Gasteiger charge is -2.22. The first-order valence-corrected chi connectivity index (χ1v) is 27.9. The van der Waals surface area contributed by atoms with E-state index in [4.69, 9.17) is 4.74 Å². The number of aliphatic hydroxyl groups is 2. The third kappa shape index (κ3) is 48.1. The molecule has 6 heteroatoms. The molecular formula is C56H109NO5. The Bertz CT molecular complexity index is 924. The number of ether oxygens (including phenoxy) is 1. The van der Waals surface area contributed by atoms with Crippen molar-refractivity contribution in [1.82, 2.24) is 5.32 Å². The molecule has 0 heterocycles. The van der Waals surface area contributed by atoms with Gasteiger partial charge in [-0.25, -0.2) is 0 Å². The molecule has 0 aliphatic rings. The molecule has 368 valence electrons. The van der Waals surface area contributed by atoms with E-state index in [-0.39, 0.29) is 18.5 Å². The van der Waals surface area contributed by atoms with Gasteiger partial charge in [-0.3, -0.25) is 9.59 Å². The second-order valence-electron chi connectivity index (χ2n) is 19.3. The maximum absolute atomic E-state index is 12.4. The minimum Gasteiger partial charge on any atom is -0.466 e. The molecule has 1 amide bonds. The normalized spacial score (nSPS) is 12.6. The van der Waals surface area contributed by atoms with Gasteiger partial charge in [0.2, 0.25) is 5.91 Å². The summed E-state index contributed by atoms with van der Waals surface area (Å²) < 4.78 is 5.47. The average molecular weight is 876 g/mol. The summed E-state index contributed by atoms with van der Waals surface area (Å²) in [5.74, 6) is -0.0352. The highest BCUT2D eigenvalue weighted by molar-refractivity contribution is 5.76. The van der Waals surface area contributed by atoms with Crippen molar-refractivity contribution in [3.8, 4) is 0 Å².